The van der Waals surface area contributed by atoms with E-state index in [9.17, 15) is 8.42 Å². The monoisotopic (exact) mass is 287 g/mol. The lowest BCUT2D eigenvalue weighted by Crippen LogP contribution is -2.35. The van der Waals surface area contributed by atoms with Gasteiger partial charge in [-0.3, -0.25) is 5.10 Å². The van der Waals surface area contributed by atoms with Crippen LogP contribution in [0.4, 0.5) is 5.82 Å². The Morgan fingerprint density at radius 1 is 1.32 bits per heavy atom. The molecule has 2 heterocycles. The first-order valence-corrected chi connectivity index (χ1v) is 8.09. The maximum atomic E-state index is 12.0. The minimum absolute atomic E-state index is 0.0170. The Balaban J connectivity index is 1.83. The summed E-state index contributed by atoms with van der Waals surface area (Å²) in [5, 5.41) is 6.04. The number of aromatic amines is 1. The topological polar surface area (TPSA) is 104 Å². The first-order chi connectivity index (χ1) is 9.09. The highest BCUT2D eigenvalue weighted by Gasteiger charge is 2.19. The van der Waals surface area contributed by atoms with Crippen molar-refractivity contribution in [2.75, 3.05) is 31.9 Å². The number of nitrogens with zero attached hydrogens (tertiary/aromatic N) is 2. The second kappa shape index (κ2) is 6.36. The molecule has 0 bridgehead atoms. The van der Waals surface area contributed by atoms with E-state index < -0.39 is 10.0 Å². The van der Waals surface area contributed by atoms with Crippen molar-refractivity contribution in [3.05, 3.63) is 6.20 Å². The molecule has 0 atom stereocenters. The molecule has 0 aliphatic carbocycles. The highest BCUT2D eigenvalue weighted by atomic mass is 32.2. The Kier molecular flexibility index (Phi) is 4.78. The summed E-state index contributed by atoms with van der Waals surface area (Å²) in [5.74, 6) is 0.0715. The first-order valence-electron chi connectivity index (χ1n) is 6.60. The van der Waals surface area contributed by atoms with E-state index >= 15 is 0 Å². The highest BCUT2D eigenvalue weighted by Crippen LogP contribution is 2.13. The molecule has 1 aliphatic heterocycles. The highest BCUT2D eigenvalue weighted by molar-refractivity contribution is 7.89. The maximum absolute atomic E-state index is 12.0. The summed E-state index contributed by atoms with van der Waals surface area (Å²) in [7, 11) is -3.55. The third-order valence-corrected chi connectivity index (χ3v) is 4.83. The second-order valence-corrected chi connectivity index (χ2v) is 6.54. The lowest BCUT2D eigenvalue weighted by Gasteiger charge is -2.19. The van der Waals surface area contributed by atoms with E-state index in [0.717, 1.165) is 19.6 Å². The smallest absolute Gasteiger partial charge is 0.245 e. The van der Waals surface area contributed by atoms with Crippen LogP contribution in [-0.2, 0) is 10.0 Å². The van der Waals surface area contributed by atoms with Gasteiger partial charge in [0.2, 0.25) is 10.0 Å². The molecule has 19 heavy (non-hydrogen) atoms. The van der Waals surface area contributed by atoms with Gasteiger partial charge in [-0.2, -0.15) is 5.10 Å². The predicted octanol–water partition coefficient (Wildman–Crippen LogP) is 0.146. The van der Waals surface area contributed by atoms with Crippen molar-refractivity contribution in [3.8, 4) is 0 Å². The molecule has 1 fully saturated rings. The van der Waals surface area contributed by atoms with Crippen LogP contribution in [0.25, 0.3) is 0 Å². The van der Waals surface area contributed by atoms with Crippen molar-refractivity contribution in [2.45, 2.75) is 30.6 Å². The van der Waals surface area contributed by atoms with Crippen LogP contribution in [-0.4, -0.2) is 49.7 Å². The molecule has 0 spiro atoms. The fraction of sp³-hybridized carbons (Fsp3) is 0.727. The van der Waals surface area contributed by atoms with Crippen molar-refractivity contribution < 1.29 is 8.42 Å². The van der Waals surface area contributed by atoms with Crippen LogP contribution in [0.2, 0.25) is 0 Å². The normalized spacial score (nSPS) is 18.3. The number of nitrogen functional groups attached to an aromatic ring is 1. The summed E-state index contributed by atoms with van der Waals surface area (Å²) in [4.78, 5) is 2.32. The third kappa shape index (κ3) is 3.92. The molecule has 108 valence electrons. The molecule has 2 rings (SSSR count). The van der Waals surface area contributed by atoms with Crippen molar-refractivity contribution in [1.82, 2.24) is 19.8 Å². The number of nitrogens with two attached hydrogens (primary N) is 1. The Labute approximate surface area is 113 Å². The van der Waals surface area contributed by atoms with Crippen LogP contribution >= 0.6 is 0 Å². The summed E-state index contributed by atoms with van der Waals surface area (Å²) in [6, 6.07) is 0. The number of hydrogen-bond donors (Lipinski definition) is 3. The summed E-state index contributed by atoms with van der Waals surface area (Å²) in [6.45, 7) is 3.23. The molecule has 0 aromatic carbocycles. The number of sulfonamides is 1. The van der Waals surface area contributed by atoms with E-state index in [0.29, 0.717) is 6.54 Å². The van der Waals surface area contributed by atoms with Gasteiger partial charge in [0, 0.05) is 13.1 Å². The largest absolute Gasteiger partial charge is 0.383 e. The number of rotatable bonds is 5. The average molecular weight is 287 g/mol. The van der Waals surface area contributed by atoms with E-state index in [1.54, 1.807) is 0 Å². The lowest BCUT2D eigenvalue weighted by molar-refractivity contribution is 0.290. The molecule has 7 nitrogen and oxygen atoms in total. The Hall–Kier alpha value is -1.12. The van der Waals surface area contributed by atoms with Gasteiger partial charge in [0.1, 0.15) is 10.7 Å². The van der Waals surface area contributed by atoms with Crippen LogP contribution in [0.15, 0.2) is 11.1 Å². The molecule has 1 aliphatic rings. The summed E-state index contributed by atoms with van der Waals surface area (Å²) < 4.78 is 26.5. The fourth-order valence-electron chi connectivity index (χ4n) is 2.27. The van der Waals surface area contributed by atoms with Gasteiger partial charge >= 0.3 is 0 Å². The van der Waals surface area contributed by atoms with Gasteiger partial charge in [0.05, 0.1) is 6.20 Å². The van der Waals surface area contributed by atoms with Gasteiger partial charge in [-0.15, -0.1) is 0 Å². The average Bonchev–Trinajstić information content (AvgIpc) is 2.63. The van der Waals surface area contributed by atoms with E-state index in [-0.39, 0.29) is 10.7 Å². The summed E-state index contributed by atoms with van der Waals surface area (Å²) in [5.41, 5.74) is 5.51. The van der Waals surface area contributed by atoms with E-state index in [1.807, 2.05) is 0 Å². The van der Waals surface area contributed by atoms with E-state index in [2.05, 4.69) is 19.8 Å². The Morgan fingerprint density at radius 3 is 2.58 bits per heavy atom. The van der Waals surface area contributed by atoms with Crippen LogP contribution in [0, 0.1) is 0 Å². The van der Waals surface area contributed by atoms with Gasteiger partial charge in [0.25, 0.3) is 0 Å². The predicted molar refractivity (Wildman–Crippen MR) is 73.1 cm³/mol. The molecule has 0 saturated carbocycles. The first kappa shape index (κ1) is 14.3. The fourth-order valence-corrected chi connectivity index (χ4v) is 3.32. The quantitative estimate of drug-likeness (QED) is 0.715. The van der Waals surface area contributed by atoms with Crippen molar-refractivity contribution in [1.29, 1.82) is 0 Å². The molecular formula is C11H21N5O2S. The molecule has 0 unspecified atom stereocenters. The standard InChI is InChI=1S/C11H21N5O2S/c12-11-10(9-13-15-11)19(17,18)14-5-8-16-6-3-1-2-4-7-16/h9,14H,1-8H2,(H3,12,13,15). The lowest BCUT2D eigenvalue weighted by atomic mass is 10.2. The number of anilines is 1. The number of likely N-dealkylation sites (tertiary alicyclic amines) is 1. The van der Waals surface area contributed by atoms with Crippen LogP contribution < -0.4 is 10.5 Å². The summed E-state index contributed by atoms with van der Waals surface area (Å²) >= 11 is 0. The third-order valence-electron chi connectivity index (χ3n) is 3.34. The molecule has 1 aromatic heterocycles. The van der Waals surface area contributed by atoms with Gasteiger partial charge in [-0.1, -0.05) is 12.8 Å². The Bertz CT molecular complexity index is 491. The van der Waals surface area contributed by atoms with Gasteiger partial charge in [-0.05, 0) is 25.9 Å². The van der Waals surface area contributed by atoms with Crippen LogP contribution in [0.1, 0.15) is 25.7 Å². The van der Waals surface area contributed by atoms with E-state index in [1.165, 1.54) is 31.9 Å². The molecule has 0 radical (unpaired) electrons. The van der Waals surface area contributed by atoms with E-state index in [4.69, 9.17) is 5.73 Å². The van der Waals surface area contributed by atoms with Crippen molar-refractivity contribution >= 4 is 15.8 Å². The molecular weight excluding hydrogens is 266 g/mol. The molecule has 0 amide bonds. The number of aromatic nitrogens is 2. The van der Waals surface area contributed by atoms with Crippen LogP contribution in [0.3, 0.4) is 0 Å². The molecule has 8 heteroatoms. The molecule has 1 saturated heterocycles. The SMILES string of the molecule is Nc1[nH]ncc1S(=O)(=O)NCCN1CCCCCC1. The number of H-pyrrole nitrogens is 1. The molecule has 1 aromatic rings. The number of nitrogens with one attached hydrogen (secondary N) is 2. The second-order valence-electron chi connectivity index (χ2n) is 4.80. The zero-order chi connectivity index (χ0) is 13.7. The van der Waals surface area contributed by atoms with Crippen molar-refractivity contribution in [3.63, 3.8) is 0 Å². The maximum Gasteiger partial charge on any atom is 0.245 e. The van der Waals surface area contributed by atoms with Gasteiger partial charge in [0.15, 0.2) is 0 Å². The van der Waals surface area contributed by atoms with Crippen LogP contribution in [0.5, 0.6) is 0 Å². The number of hydrogen-bond acceptors (Lipinski definition) is 5. The van der Waals surface area contributed by atoms with Crippen molar-refractivity contribution in [2.24, 2.45) is 0 Å². The minimum atomic E-state index is -3.55. The zero-order valence-electron chi connectivity index (χ0n) is 10.9. The summed E-state index contributed by atoms with van der Waals surface area (Å²) in [6.07, 6.45) is 6.16. The van der Waals surface area contributed by atoms with Gasteiger partial charge < -0.3 is 10.6 Å². The van der Waals surface area contributed by atoms with Gasteiger partial charge in [-0.25, -0.2) is 13.1 Å². The zero-order valence-corrected chi connectivity index (χ0v) is 11.7. The molecule has 4 N–H and O–H groups in total. The Morgan fingerprint density at radius 2 is 2.00 bits per heavy atom. The minimum Gasteiger partial charge on any atom is -0.383 e.